The first-order chi connectivity index (χ1) is 11.0. The standard InChI is InChI=1S/C14H22ClN5O2S/c1-3-8-11(15)19-12(17-8)13(21)18-9-5-6-20(14(16)23)7-10(9)22-4-2/h9-10H,3-7H2,1-2H3,(H2,16,23)(H,17,19)(H,18,21). The first-order valence-corrected chi connectivity index (χ1v) is 8.46. The number of amides is 1. The van der Waals surface area contributed by atoms with E-state index in [0.29, 0.717) is 42.8 Å². The van der Waals surface area contributed by atoms with Gasteiger partial charge < -0.3 is 25.7 Å². The average molecular weight is 360 g/mol. The van der Waals surface area contributed by atoms with E-state index in [4.69, 9.17) is 34.3 Å². The number of aromatic amines is 1. The average Bonchev–Trinajstić information content (AvgIpc) is 2.90. The van der Waals surface area contributed by atoms with Crippen molar-refractivity contribution in [1.29, 1.82) is 0 Å². The summed E-state index contributed by atoms with van der Waals surface area (Å²) in [6.45, 7) is 5.65. The van der Waals surface area contributed by atoms with Crippen LogP contribution in [0.3, 0.4) is 0 Å². The second-order valence-corrected chi connectivity index (χ2v) is 6.13. The summed E-state index contributed by atoms with van der Waals surface area (Å²) in [5.41, 5.74) is 6.43. The van der Waals surface area contributed by atoms with Crippen molar-refractivity contribution in [2.75, 3.05) is 19.7 Å². The molecule has 1 aromatic rings. The molecule has 1 aliphatic rings. The molecule has 9 heteroatoms. The van der Waals surface area contributed by atoms with Gasteiger partial charge in [0.1, 0.15) is 0 Å². The van der Waals surface area contributed by atoms with Gasteiger partial charge in [0.2, 0.25) is 0 Å². The minimum Gasteiger partial charge on any atom is -0.376 e. The van der Waals surface area contributed by atoms with Gasteiger partial charge in [-0.15, -0.1) is 0 Å². The van der Waals surface area contributed by atoms with Crippen LogP contribution in [0.1, 0.15) is 36.6 Å². The highest BCUT2D eigenvalue weighted by Crippen LogP contribution is 2.16. The molecule has 1 aromatic heterocycles. The molecule has 2 atom stereocenters. The molecule has 1 amide bonds. The molecule has 7 nitrogen and oxygen atoms in total. The minimum absolute atomic E-state index is 0.123. The Morgan fingerprint density at radius 3 is 2.91 bits per heavy atom. The molecule has 23 heavy (non-hydrogen) atoms. The van der Waals surface area contributed by atoms with Gasteiger partial charge in [-0.2, -0.15) is 0 Å². The number of aryl methyl sites for hydroxylation is 1. The number of imidazole rings is 1. The van der Waals surface area contributed by atoms with E-state index in [2.05, 4.69) is 15.3 Å². The quantitative estimate of drug-likeness (QED) is 0.681. The lowest BCUT2D eigenvalue weighted by molar-refractivity contribution is 0.000528. The lowest BCUT2D eigenvalue weighted by Crippen LogP contribution is -2.57. The molecule has 1 fully saturated rings. The maximum Gasteiger partial charge on any atom is 0.287 e. The molecular formula is C14H22ClN5O2S. The van der Waals surface area contributed by atoms with Crippen molar-refractivity contribution in [1.82, 2.24) is 20.2 Å². The fourth-order valence-electron chi connectivity index (χ4n) is 2.63. The van der Waals surface area contributed by atoms with Gasteiger partial charge in [-0.1, -0.05) is 18.5 Å². The molecule has 0 radical (unpaired) electrons. The highest BCUT2D eigenvalue weighted by atomic mass is 35.5. The molecule has 0 bridgehead atoms. The summed E-state index contributed by atoms with van der Waals surface area (Å²) in [6, 6.07) is -0.123. The van der Waals surface area contributed by atoms with Crippen LogP contribution in [-0.4, -0.2) is 57.7 Å². The Balaban J connectivity index is 2.04. The van der Waals surface area contributed by atoms with Crippen molar-refractivity contribution in [2.24, 2.45) is 5.73 Å². The minimum atomic E-state index is -0.287. The second-order valence-electron chi connectivity index (χ2n) is 5.36. The molecule has 2 unspecified atom stereocenters. The highest BCUT2D eigenvalue weighted by Gasteiger charge is 2.32. The number of hydrogen-bond acceptors (Lipinski definition) is 4. The van der Waals surface area contributed by atoms with Crippen molar-refractivity contribution in [2.45, 2.75) is 38.8 Å². The van der Waals surface area contributed by atoms with Crippen LogP contribution in [0.25, 0.3) is 0 Å². The third-order valence-corrected chi connectivity index (χ3v) is 4.44. The monoisotopic (exact) mass is 359 g/mol. The predicted molar refractivity (Wildman–Crippen MR) is 92.6 cm³/mol. The van der Waals surface area contributed by atoms with Gasteiger partial charge in [0.15, 0.2) is 16.1 Å². The van der Waals surface area contributed by atoms with Crippen LogP contribution in [0.15, 0.2) is 0 Å². The topological polar surface area (TPSA) is 96.3 Å². The van der Waals surface area contributed by atoms with E-state index >= 15 is 0 Å². The maximum atomic E-state index is 12.4. The number of carbonyl (C=O) groups excluding carboxylic acids is 1. The maximum absolute atomic E-state index is 12.4. The predicted octanol–water partition coefficient (Wildman–Crippen LogP) is 1.08. The number of ether oxygens (including phenoxy) is 1. The Bertz CT molecular complexity index is 580. The summed E-state index contributed by atoms with van der Waals surface area (Å²) in [5.74, 6) is -0.0658. The van der Waals surface area contributed by atoms with E-state index in [1.54, 1.807) is 0 Å². The van der Waals surface area contributed by atoms with Gasteiger partial charge in [-0.25, -0.2) is 4.98 Å². The largest absolute Gasteiger partial charge is 0.376 e. The number of hydrogen-bond donors (Lipinski definition) is 3. The fraction of sp³-hybridized carbons (Fsp3) is 0.643. The SMILES string of the molecule is CCOC1CN(C(N)=S)CCC1NC(=O)c1nc(Cl)c(CC)[nH]1. The van der Waals surface area contributed by atoms with Crippen LogP contribution in [0.5, 0.6) is 0 Å². The van der Waals surface area contributed by atoms with Gasteiger partial charge in [-0.3, -0.25) is 4.79 Å². The Morgan fingerprint density at radius 1 is 1.61 bits per heavy atom. The van der Waals surface area contributed by atoms with Crippen molar-refractivity contribution in [3.05, 3.63) is 16.7 Å². The van der Waals surface area contributed by atoms with Crippen LogP contribution < -0.4 is 11.1 Å². The number of carbonyl (C=O) groups is 1. The molecule has 1 saturated heterocycles. The van der Waals surface area contributed by atoms with Crippen molar-refractivity contribution in [3.63, 3.8) is 0 Å². The lowest BCUT2D eigenvalue weighted by Gasteiger charge is -2.38. The number of nitrogens with one attached hydrogen (secondary N) is 2. The number of aromatic nitrogens is 2. The van der Waals surface area contributed by atoms with Crippen molar-refractivity contribution in [3.8, 4) is 0 Å². The Hall–Kier alpha value is -1.38. The summed E-state index contributed by atoms with van der Waals surface area (Å²) in [4.78, 5) is 21.3. The Labute approximate surface area is 145 Å². The van der Waals surface area contributed by atoms with Crippen LogP contribution in [0.4, 0.5) is 0 Å². The fourth-order valence-corrected chi connectivity index (χ4v) is 3.06. The van der Waals surface area contributed by atoms with E-state index in [1.807, 2.05) is 18.7 Å². The summed E-state index contributed by atoms with van der Waals surface area (Å²) in [7, 11) is 0. The molecule has 1 aliphatic heterocycles. The van der Waals surface area contributed by atoms with Crippen LogP contribution in [0, 0.1) is 0 Å². The summed E-state index contributed by atoms with van der Waals surface area (Å²) in [6.07, 6.45) is 1.21. The molecule has 2 rings (SSSR count). The molecule has 2 heterocycles. The summed E-state index contributed by atoms with van der Waals surface area (Å²) >= 11 is 11.0. The number of rotatable bonds is 5. The molecule has 0 spiro atoms. The van der Waals surface area contributed by atoms with Gasteiger partial charge in [0.25, 0.3) is 5.91 Å². The normalized spacial score (nSPS) is 21.3. The molecule has 0 saturated carbocycles. The van der Waals surface area contributed by atoms with Crippen molar-refractivity contribution >= 4 is 34.8 Å². The van der Waals surface area contributed by atoms with Crippen LogP contribution >= 0.6 is 23.8 Å². The number of nitrogens with zero attached hydrogens (tertiary/aromatic N) is 2. The zero-order valence-corrected chi connectivity index (χ0v) is 14.8. The number of piperidine rings is 1. The smallest absolute Gasteiger partial charge is 0.287 e. The number of thiocarbonyl (C=S) groups is 1. The van der Waals surface area contributed by atoms with Crippen molar-refractivity contribution < 1.29 is 9.53 Å². The van der Waals surface area contributed by atoms with E-state index in [0.717, 1.165) is 5.69 Å². The van der Waals surface area contributed by atoms with E-state index in [9.17, 15) is 4.79 Å². The molecule has 4 N–H and O–H groups in total. The first-order valence-electron chi connectivity index (χ1n) is 7.67. The Morgan fingerprint density at radius 2 is 2.35 bits per heavy atom. The van der Waals surface area contributed by atoms with E-state index in [1.165, 1.54) is 0 Å². The van der Waals surface area contributed by atoms with Crippen LogP contribution in [-0.2, 0) is 11.2 Å². The second kappa shape index (κ2) is 7.94. The first kappa shape index (κ1) is 18.0. The van der Waals surface area contributed by atoms with E-state index in [-0.39, 0.29) is 23.9 Å². The molecule has 128 valence electrons. The summed E-state index contributed by atoms with van der Waals surface area (Å²) < 4.78 is 5.73. The number of H-pyrrole nitrogens is 1. The zero-order valence-electron chi connectivity index (χ0n) is 13.3. The Kier molecular flexibility index (Phi) is 6.20. The number of likely N-dealkylation sites (tertiary alicyclic amines) is 1. The third kappa shape index (κ3) is 4.33. The highest BCUT2D eigenvalue weighted by molar-refractivity contribution is 7.80. The van der Waals surface area contributed by atoms with Gasteiger partial charge >= 0.3 is 0 Å². The molecule has 0 aromatic carbocycles. The van der Waals surface area contributed by atoms with E-state index < -0.39 is 0 Å². The summed E-state index contributed by atoms with van der Waals surface area (Å²) in [5, 5.41) is 3.65. The zero-order chi connectivity index (χ0) is 17.0. The number of halogens is 1. The lowest BCUT2D eigenvalue weighted by atomic mass is 10.0. The third-order valence-electron chi connectivity index (χ3n) is 3.86. The van der Waals surface area contributed by atoms with Gasteiger partial charge in [-0.05, 0) is 32.0 Å². The molecular weight excluding hydrogens is 338 g/mol. The molecule has 0 aliphatic carbocycles. The van der Waals surface area contributed by atoms with Gasteiger partial charge in [0, 0.05) is 19.7 Å². The van der Waals surface area contributed by atoms with Gasteiger partial charge in [0.05, 0.1) is 17.8 Å². The van der Waals surface area contributed by atoms with Crippen LogP contribution in [0.2, 0.25) is 5.15 Å². The number of nitrogens with two attached hydrogens (primary N) is 1.